The summed E-state index contributed by atoms with van der Waals surface area (Å²) in [6.45, 7) is 0.496. The molecule has 3 aromatic rings. The van der Waals surface area contributed by atoms with Crippen LogP contribution in [0.5, 0.6) is 5.75 Å². The van der Waals surface area contributed by atoms with Gasteiger partial charge in [0.2, 0.25) is 11.8 Å². The third-order valence-corrected chi connectivity index (χ3v) is 5.85. The van der Waals surface area contributed by atoms with Crippen LogP contribution in [0, 0.1) is 0 Å². The Bertz CT molecular complexity index is 1140. The van der Waals surface area contributed by atoms with Gasteiger partial charge in [0.1, 0.15) is 5.75 Å². The lowest BCUT2D eigenvalue weighted by atomic mass is 9.96. The predicted molar refractivity (Wildman–Crippen MR) is 125 cm³/mol. The zero-order valence-corrected chi connectivity index (χ0v) is 18.7. The number of rotatable bonds is 7. The highest BCUT2D eigenvalue weighted by Crippen LogP contribution is 2.34. The maximum Gasteiger partial charge on any atom is 0.240 e. The number of ether oxygens (including phenoxy) is 1. The second-order valence-electron chi connectivity index (χ2n) is 7.57. The second-order valence-corrected chi connectivity index (χ2v) is 8.41. The third-order valence-electron chi connectivity index (χ3n) is 5.27. The first-order valence-electron chi connectivity index (χ1n) is 10.3. The van der Waals surface area contributed by atoms with Gasteiger partial charge in [-0.25, -0.2) is 0 Å². The molecule has 0 saturated heterocycles. The van der Waals surface area contributed by atoms with E-state index in [9.17, 15) is 9.59 Å². The fourth-order valence-electron chi connectivity index (χ4n) is 3.70. The standard InChI is InChI=1S/C25H22Cl2N2O3/c26-19-7-8-21(27)20(14-19)25(18-6-9-22-17(13-18)10-11-32-22)29-24(31)15-28-23(30)12-16-4-2-1-3-5-16/h1-9,13-14,25H,10-12,15H2,(H,28,30)(H,29,31). The maximum absolute atomic E-state index is 12.8. The van der Waals surface area contributed by atoms with Crippen LogP contribution in [0.3, 0.4) is 0 Å². The highest BCUT2D eigenvalue weighted by atomic mass is 35.5. The van der Waals surface area contributed by atoms with Gasteiger partial charge in [0.25, 0.3) is 0 Å². The van der Waals surface area contributed by atoms with E-state index in [1.165, 1.54) is 0 Å². The maximum atomic E-state index is 12.8. The number of carbonyl (C=O) groups is 2. The lowest BCUT2D eigenvalue weighted by Crippen LogP contribution is -2.39. The minimum absolute atomic E-state index is 0.144. The second kappa shape index (κ2) is 10.1. The van der Waals surface area contributed by atoms with E-state index in [4.69, 9.17) is 27.9 Å². The molecule has 0 fully saturated rings. The first kappa shape index (κ1) is 22.2. The van der Waals surface area contributed by atoms with Gasteiger partial charge in [-0.15, -0.1) is 0 Å². The molecule has 3 aromatic carbocycles. The molecular weight excluding hydrogens is 447 g/mol. The molecule has 4 rings (SSSR count). The summed E-state index contributed by atoms with van der Waals surface area (Å²) in [5.41, 5.74) is 3.51. The molecule has 32 heavy (non-hydrogen) atoms. The summed E-state index contributed by atoms with van der Waals surface area (Å²) in [6.07, 6.45) is 1.02. The fourth-order valence-corrected chi connectivity index (χ4v) is 4.10. The molecule has 0 saturated carbocycles. The predicted octanol–water partition coefficient (Wildman–Crippen LogP) is 4.49. The molecule has 164 valence electrons. The van der Waals surface area contributed by atoms with Crippen molar-refractivity contribution in [1.29, 1.82) is 0 Å². The number of carbonyl (C=O) groups excluding carboxylic acids is 2. The lowest BCUT2D eigenvalue weighted by molar-refractivity contribution is -0.126. The Hall–Kier alpha value is -3.02. The SMILES string of the molecule is O=C(Cc1ccccc1)NCC(=O)NC(c1ccc2c(c1)CCO2)c1cc(Cl)ccc1Cl. The normalized spacial score (nSPS) is 13.1. The number of nitrogens with one attached hydrogen (secondary N) is 2. The third kappa shape index (κ3) is 5.42. The molecule has 1 unspecified atom stereocenters. The highest BCUT2D eigenvalue weighted by Gasteiger charge is 2.23. The van der Waals surface area contributed by atoms with Crippen LogP contribution in [0.25, 0.3) is 0 Å². The molecule has 7 heteroatoms. The summed E-state index contributed by atoms with van der Waals surface area (Å²) in [5.74, 6) is 0.298. The molecule has 1 aliphatic heterocycles. The molecule has 2 N–H and O–H groups in total. The summed E-state index contributed by atoms with van der Waals surface area (Å²) >= 11 is 12.7. The molecule has 0 radical (unpaired) electrons. The van der Waals surface area contributed by atoms with Gasteiger partial charge in [-0.3, -0.25) is 9.59 Å². The Morgan fingerprint density at radius 2 is 1.78 bits per heavy atom. The Labute approximate surface area is 196 Å². The van der Waals surface area contributed by atoms with Crippen LogP contribution in [0.2, 0.25) is 10.0 Å². The molecule has 0 bridgehead atoms. The number of benzene rings is 3. The lowest BCUT2D eigenvalue weighted by Gasteiger charge is -2.22. The van der Waals surface area contributed by atoms with E-state index >= 15 is 0 Å². The van der Waals surface area contributed by atoms with Crippen LogP contribution in [-0.2, 0) is 22.4 Å². The first-order chi connectivity index (χ1) is 15.5. The molecule has 0 aliphatic carbocycles. The van der Waals surface area contributed by atoms with Crippen molar-refractivity contribution in [2.45, 2.75) is 18.9 Å². The van der Waals surface area contributed by atoms with Crippen molar-refractivity contribution in [3.8, 4) is 5.75 Å². The van der Waals surface area contributed by atoms with Gasteiger partial charge in [0.05, 0.1) is 25.6 Å². The average molecular weight is 469 g/mol. The van der Waals surface area contributed by atoms with Crippen LogP contribution in [0.4, 0.5) is 0 Å². The molecular formula is C25H22Cl2N2O3. The summed E-state index contributed by atoms with van der Waals surface area (Å²) in [4.78, 5) is 25.0. The molecule has 2 amide bonds. The minimum Gasteiger partial charge on any atom is -0.493 e. The van der Waals surface area contributed by atoms with Gasteiger partial charge >= 0.3 is 0 Å². The Balaban J connectivity index is 1.49. The van der Waals surface area contributed by atoms with E-state index < -0.39 is 6.04 Å². The topological polar surface area (TPSA) is 67.4 Å². The van der Waals surface area contributed by atoms with E-state index in [2.05, 4.69) is 10.6 Å². The molecule has 0 aromatic heterocycles. The molecule has 0 spiro atoms. The van der Waals surface area contributed by atoms with Gasteiger partial charge in [0.15, 0.2) is 0 Å². The van der Waals surface area contributed by atoms with E-state index in [1.54, 1.807) is 18.2 Å². The van der Waals surface area contributed by atoms with Crippen LogP contribution in [0.15, 0.2) is 66.7 Å². The molecule has 1 heterocycles. The molecule has 1 atom stereocenters. The zero-order chi connectivity index (χ0) is 22.5. The van der Waals surface area contributed by atoms with Gasteiger partial charge in [0, 0.05) is 16.5 Å². The Morgan fingerprint density at radius 1 is 0.969 bits per heavy atom. The monoisotopic (exact) mass is 468 g/mol. The van der Waals surface area contributed by atoms with E-state index in [1.807, 2.05) is 48.5 Å². The number of amides is 2. The largest absolute Gasteiger partial charge is 0.493 e. The van der Waals surface area contributed by atoms with Gasteiger partial charge in [-0.1, -0.05) is 59.6 Å². The minimum atomic E-state index is -0.523. The molecule has 1 aliphatic rings. The number of hydrogen-bond acceptors (Lipinski definition) is 3. The van der Waals surface area contributed by atoms with Gasteiger partial charge in [-0.05, 0) is 52.6 Å². The molecule has 5 nitrogen and oxygen atoms in total. The summed E-state index contributed by atoms with van der Waals surface area (Å²) in [6, 6.07) is 19.8. The van der Waals surface area contributed by atoms with Crippen LogP contribution in [-0.4, -0.2) is 25.0 Å². The summed E-state index contributed by atoms with van der Waals surface area (Å²) in [7, 11) is 0. The summed E-state index contributed by atoms with van der Waals surface area (Å²) in [5, 5.41) is 6.68. The van der Waals surface area contributed by atoms with Crippen molar-refractivity contribution >= 4 is 35.0 Å². The number of halogens is 2. The van der Waals surface area contributed by atoms with Crippen LogP contribution in [0.1, 0.15) is 28.3 Å². The van der Waals surface area contributed by atoms with E-state index in [0.717, 1.165) is 28.9 Å². The van der Waals surface area contributed by atoms with Crippen molar-refractivity contribution in [1.82, 2.24) is 10.6 Å². The van der Waals surface area contributed by atoms with Crippen molar-refractivity contribution in [3.05, 3.63) is 99.0 Å². The van der Waals surface area contributed by atoms with Gasteiger partial charge in [-0.2, -0.15) is 0 Å². The first-order valence-corrected chi connectivity index (χ1v) is 11.1. The Morgan fingerprint density at radius 3 is 2.59 bits per heavy atom. The van der Waals surface area contributed by atoms with Crippen molar-refractivity contribution in [2.24, 2.45) is 0 Å². The van der Waals surface area contributed by atoms with Crippen molar-refractivity contribution in [2.75, 3.05) is 13.2 Å². The zero-order valence-electron chi connectivity index (χ0n) is 17.2. The van der Waals surface area contributed by atoms with Gasteiger partial charge < -0.3 is 15.4 Å². The smallest absolute Gasteiger partial charge is 0.240 e. The fraction of sp³-hybridized carbons (Fsp3) is 0.200. The van der Waals surface area contributed by atoms with E-state index in [-0.39, 0.29) is 24.8 Å². The number of hydrogen-bond donors (Lipinski definition) is 2. The van der Waals surface area contributed by atoms with Crippen molar-refractivity contribution in [3.63, 3.8) is 0 Å². The summed E-state index contributed by atoms with van der Waals surface area (Å²) < 4.78 is 5.59. The van der Waals surface area contributed by atoms with Crippen molar-refractivity contribution < 1.29 is 14.3 Å². The quantitative estimate of drug-likeness (QED) is 0.536. The Kier molecular flexibility index (Phi) is 6.98. The van der Waals surface area contributed by atoms with E-state index in [0.29, 0.717) is 22.2 Å². The highest BCUT2D eigenvalue weighted by molar-refractivity contribution is 6.33. The number of fused-ring (bicyclic) bond motifs is 1. The van der Waals surface area contributed by atoms with Crippen LogP contribution >= 0.6 is 23.2 Å². The average Bonchev–Trinajstić information content (AvgIpc) is 3.26. The van der Waals surface area contributed by atoms with Crippen LogP contribution < -0.4 is 15.4 Å².